The van der Waals surface area contributed by atoms with Crippen LogP contribution in [0, 0.1) is 0 Å². The van der Waals surface area contributed by atoms with Crippen LogP contribution in [0.15, 0.2) is 34.7 Å². The van der Waals surface area contributed by atoms with Gasteiger partial charge in [-0.2, -0.15) is 0 Å². The van der Waals surface area contributed by atoms with Crippen LogP contribution in [0.4, 0.5) is 5.69 Å². The summed E-state index contributed by atoms with van der Waals surface area (Å²) in [4.78, 5) is 15.6. The van der Waals surface area contributed by atoms with Crippen LogP contribution in [-0.2, 0) is 4.79 Å². The number of thiol groups is 1. The molecule has 0 aliphatic heterocycles. The van der Waals surface area contributed by atoms with Gasteiger partial charge < -0.3 is 5.32 Å². The van der Waals surface area contributed by atoms with Crippen molar-refractivity contribution in [3.05, 3.63) is 30.4 Å². The molecule has 16 heavy (non-hydrogen) atoms. The van der Waals surface area contributed by atoms with Crippen LogP contribution in [-0.4, -0.2) is 10.9 Å². The monoisotopic (exact) mass is 250 g/mol. The minimum atomic E-state index is -0.171. The molecule has 0 bridgehead atoms. The highest BCUT2D eigenvalue weighted by Crippen LogP contribution is 2.27. The lowest BCUT2D eigenvalue weighted by Gasteiger charge is -2.03. The van der Waals surface area contributed by atoms with Gasteiger partial charge in [-0.15, -0.1) is 24.0 Å². The Bertz CT molecular complexity index is 574. The number of nitrogens with zero attached hydrogens (tertiary/aromatic N) is 1. The Balaban J connectivity index is 2.32. The third-order valence-corrected chi connectivity index (χ3v) is 3.22. The van der Waals surface area contributed by atoms with Gasteiger partial charge in [-0.3, -0.25) is 4.79 Å². The fraction of sp³-hybridized carbons (Fsp3) is 0.0909. The van der Waals surface area contributed by atoms with Gasteiger partial charge in [-0.25, -0.2) is 4.98 Å². The van der Waals surface area contributed by atoms with E-state index in [4.69, 9.17) is 0 Å². The minimum Gasteiger partial charge on any atom is -0.322 e. The van der Waals surface area contributed by atoms with E-state index in [-0.39, 0.29) is 5.91 Å². The Hall–Kier alpha value is -1.33. The van der Waals surface area contributed by atoms with Crippen molar-refractivity contribution in [2.45, 2.75) is 11.3 Å². The molecule has 2 rings (SSSR count). The fourth-order valence-corrected chi connectivity index (χ4v) is 2.38. The van der Waals surface area contributed by atoms with E-state index in [1.165, 1.54) is 11.3 Å². The molecule has 0 aliphatic carbocycles. The number of anilines is 1. The second-order valence-electron chi connectivity index (χ2n) is 3.41. The summed E-state index contributed by atoms with van der Waals surface area (Å²) in [6.45, 7) is 5.26. The van der Waals surface area contributed by atoms with Gasteiger partial charge in [0, 0.05) is 11.3 Å². The Morgan fingerprint density at radius 1 is 1.56 bits per heavy atom. The van der Waals surface area contributed by atoms with Crippen molar-refractivity contribution in [3.8, 4) is 0 Å². The third-order valence-electron chi connectivity index (χ3n) is 2.02. The molecule has 0 spiro atoms. The number of hydrogen-bond donors (Lipinski definition) is 2. The lowest BCUT2D eigenvalue weighted by molar-refractivity contribution is -0.112. The molecule has 0 radical (unpaired) electrons. The van der Waals surface area contributed by atoms with E-state index in [1.807, 2.05) is 18.2 Å². The smallest absolute Gasteiger partial charge is 0.250 e. The summed E-state index contributed by atoms with van der Waals surface area (Å²) in [6.07, 6.45) is 0. The molecule has 2 aromatic rings. The van der Waals surface area contributed by atoms with Gasteiger partial charge in [0.15, 0.2) is 0 Å². The number of carbonyl (C=O) groups excluding carboxylic acids is 1. The highest BCUT2D eigenvalue weighted by Gasteiger charge is 2.05. The van der Waals surface area contributed by atoms with Crippen LogP contribution in [0.3, 0.4) is 0 Å². The van der Waals surface area contributed by atoms with E-state index in [2.05, 4.69) is 29.5 Å². The quantitative estimate of drug-likeness (QED) is 0.635. The number of hydrogen-bond acceptors (Lipinski definition) is 4. The third kappa shape index (κ3) is 2.25. The van der Waals surface area contributed by atoms with E-state index < -0.39 is 0 Å². The average molecular weight is 250 g/mol. The zero-order valence-corrected chi connectivity index (χ0v) is 10.4. The number of carbonyl (C=O) groups is 1. The molecule has 0 saturated carbocycles. The predicted octanol–water partition coefficient (Wildman–Crippen LogP) is 3.10. The lowest BCUT2D eigenvalue weighted by Crippen LogP contribution is -2.11. The summed E-state index contributed by atoms with van der Waals surface area (Å²) >= 11 is 5.67. The van der Waals surface area contributed by atoms with Gasteiger partial charge in [-0.1, -0.05) is 6.58 Å². The summed E-state index contributed by atoms with van der Waals surface area (Å²) < 4.78 is 1.72. The molecule has 0 saturated heterocycles. The maximum atomic E-state index is 11.4. The van der Waals surface area contributed by atoms with Crippen LogP contribution in [0.25, 0.3) is 10.2 Å². The first-order valence-corrected chi connectivity index (χ1v) is 5.89. The van der Waals surface area contributed by atoms with Gasteiger partial charge in [-0.05, 0) is 25.1 Å². The van der Waals surface area contributed by atoms with Gasteiger partial charge in [0.2, 0.25) is 0 Å². The normalized spacial score (nSPS) is 10.4. The maximum absolute atomic E-state index is 11.4. The van der Waals surface area contributed by atoms with Crippen molar-refractivity contribution in [2.24, 2.45) is 0 Å². The molecule has 3 nitrogen and oxygen atoms in total. The van der Waals surface area contributed by atoms with Crippen molar-refractivity contribution in [1.29, 1.82) is 0 Å². The molecule has 0 atom stereocenters. The molecule has 1 amide bonds. The number of fused-ring (bicyclic) bond motifs is 1. The van der Waals surface area contributed by atoms with Gasteiger partial charge in [0.05, 0.1) is 10.2 Å². The number of aromatic nitrogens is 1. The zero-order chi connectivity index (χ0) is 11.7. The van der Waals surface area contributed by atoms with E-state index in [0.29, 0.717) is 5.57 Å². The van der Waals surface area contributed by atoms with Crippen LogP contribution in [0.1, 0.15) is 6.92 Å². The highest BCUT2D eigenvalue weighted by atomic mass is 32.2. The maximum Gasteiger partial charge on any atom is 0.250 e. The molecule has 1 heterocycles. The second-order valence-corrected chi connectivity index (χ2v) is 5.17. The fourth-order valence-electron chi connectivity index (χ4n) is 1.23. The Labute approximate surface area is 103 Å². The molecule has 0 unspecified atom stereocenters. The first-order chi connectivity index (χ1) is 7.56. The first-order valence-electron chi connectivity index (χ1n) is 4.62. The molecule has 1 aromatic heterocycles. The first kappa shape index (κ1) is 11.2. The van der Waals surface area contributed by atoms with Crippen LogP contribution in [0.2, 0.25) is 0 Å². The van der Waals surface area contributed by atoms with Gasteiger partial charge in [0.25, 0.3) is 5.91 Å². The second kappa shape index (κ2) is 4.27. The molecule has 1 aromatic carbocycles. The molecule has 5 heteroatoms. The average Bonchev–Trinajstić information content (AvgIpc) is 2.57. The van der Waals surface area contributed by atoms with Crippen molar-refractivity contribution in [1.82, 2.24) is 4.98 Å². The molecule has 82 valence electrons. The van der Waals surface area contributed by atoms with Crippen molar-refractivity contribution in [2.75, 3.05) is 5.32 Å². The van der Waals surface area contributed by atoms with Crippen LogP contribution < -0.4 is 5.32 Å². The van der Waals surface area contributed by atoms with E-state index in [9.17, 15) is 4.79 Å². The van der Waals surface area contributed by atoms with Crippen LogP contribution >= 0.6 is 24.0 Å². The molecule has 1 N–H and O–H groups in total. The summed E-state index contributed by atoms with van der Waals surface area (Å²) in [5, 5.41) is 2.76. The molecule has 0 aliphatic rings. The number of nitrogens with one attached hydrogen (secondary N) is 1. The number of rotatable bonds is 2. The number of benzene rings is 1. The molecular weight excluding hydrogens is 240 g/mol. The predicted molar refractivity (Wildman–Crippen MR) is 70.3 cm³/mol. The summed E-state index contributed by atoms with van der Waals surface area (Å²) in [5.41, 5.74) is 2.13. The topological polar surface area (TPSA) is 42.0 Å². The largest absolute Gasteiger partial charge is 0.322 e. The standard InChI is InChI=1S/C11H10N2OS2/c1-6(2)10(14)12-7-3-4-8-9(5-7)16-11(15)13-8/h3-5H,1H2,2H3,(H,12,14)(H,13,15). The molecular formula is C11H10N2OS2. The summed E-state index contributed by atoms with van der Waals surface area (Å²) in [6, 6.07) is 5.56. The van der Waals surface area contributed by atoms with Crippen molar-refractivity contribution < 1.29 is 4.79 Å². The zero-order valence-electron chi connectivity index (χ0n) is 8.65. The van der Waals surface area contributed by atoms with Crippen molar-refractivity contribution >= 4 is 45.8 Å². The Morgan fingerprint density at radius 3 is 3.00 bits per heavy atom. The van der Waals surface area contributed by atoms with E-state index >= 15 is 0 Å². The Kier molecular flexibility index (Phi) is 2.98. The lowest BCUT2D eigenvalue weighted by atomic mass is 10.2. The summed E-state index contributed by atoms with van der Waals surface area (Å²) in [7, 11) is 0. The van der Waals surface area contributed by atoms with Crippen LogP contribution in [0.5, 0.6) is 0 Å². The van der Waals surface area contributed by atoms with E-state index in [1.54, 1.807) is 6.92 Å². The minimum absolute atomic E-state index is 0.171. The molecule has 0 fully saturated rings. The van der Waals surface area contributed by atoms with Gasteiger partial charge >= 0.3 is 0 Å². The number of thiazole rings is 1. The van der Waals surface area contributed by atoms with E-state index in [0.717, 1.165) is 20.2 Å². The number of amides is 1. The Morgan fingerprint density at radius 2 is 2.31 bits per heavy atom. The highest BCUT2D eigenvalue weighted by molar-refractivity contribution is 7.82. The SMILES string of the molecule is C=C(C)C(=O)Nc1ccc2nc(S)sc2c1. The summed E-state index contributed by atoms with van der Waals surface area (Å²) in [5.74, 6) is -0.171. The van der Waals surface area contributed by atoms with Gasteiger partial charge in [0.1, 0.15) is 4.34 Å². The van der Waals surface area contributed by atoms with Crippen molar-refractivity contribution in [3.63, 3.8) is 0 Å².